The molecule has 2 aromatic rings. The van der Waals surface area contributed by atoms with E-state index in [0.29, 0.717) is 0 Å². The predicted molar refractivity (Wildman–Crippen MR) is 120 cm³/mol. The molecule has 2 heterocycles. The largest absolute Gasteiger partial charge is 0.487 e. The fourth-order valence-corrected chi connectivity index (χ4v) is 4.87. The molecular weight excluding hydrogens is 368 g/mol. The van der Waals surface area contributed by atoms with Gasteiger partial charge < -0.3 is 14.5 Å². The van der Waals surface area contributed by atoms with Crippen LogP contribution in [0, 0.1) is 27.7 Å². The summed E-state index contributed by atoms with van der Waals surface area (Å²) in [7, 11) is 0. The van der Waals surface area contributed by atoms with Crippen LogP contribution in [0.1, 0.15) is 41.7 Å². The second-order valence-electron chi connectivity index (χ2n) is 8.98. The number of anilines is 2. The second kappa shape index (κ2) is 6.88. The van der Waals surface area contributed by atoms with Crippen LogP contribution in [-0.2, 0) is 6.42 Å². The van der Waals surface area contributed by atoms with Crippen molar-refractivity contribution in [3.8, 4) is 5.75 Å². The number of aryl methyl sites for hydroxylation is 1. The lowest BCUT2D eigenvalue weighted by atomic mass is 9.91. The number of hydrogen-bond donors (Lipinski definition) is 0. The number of fused-ring (bicyclic) bond motifs is 1. The Hall–Kier alpha value is -1.87. The van der Waals surface area contributed by atoms with Crippen molar-refractivity contribution < 1.29 is 4.74 Å². The van der Waals surface area contributed by atoms with Crippen LogP contribution in [0.5, 0.6) is 5.75 Å². The van der Waals surface area contributed by atoms with Gasteiger partial charge in [-0.25, -0.2) is 0 Å². The lowest BCUT2D eigenvalue weighted by Crippen LogP contribution is -2.47. The Morgan fingerprint density at radius 2 is 1.54 bits per heavy atom. The molecule has 4 heteroatoms. The molecule has 0 atom stereocenters. The molecule has 2 aliphatic heterocycles. The molecule has 1 saturated heterocycles. The SMILES string of the molecule is Cc1ccc(N2CCN(c3c(C)c(C)c4c(c3C)CC(C)(C)O4)CC2)cc1Cl. The zero-order valence-corrected chi connectivity index (χ0v) is 18.7. The van der Waals surface area contributed by atoms with Crippen molar-refractivity contribution in [3.63, 3.8) is 0 Å². The third-order valence-corrected chi connectivity index (χ3v) is 6.84. The van der Waals surface area contributed by atoms with Gasteiger partial charge in [-0.05, 0) is 75.9 Å². The zero-order valence-electron chi connectivity index (χ0n) is 17.9. The molecule has 0 bridgehead atoms. The molecule has 0 aromatic heterocycles. The van der Waals surface area contributed by atoms with Crippen molar-refractivity contribution in [3.05, 3.63) is 51.0 Å². The van der Waals surface area contributed by atoms with Gasteiger partial charge in [0.15, 0.2) is 0 Å². The van der Waals surface area contributed by atoms with Gasteiger partial charge in [-0.2, -0.15) is 0 Å². The van der Waals surface area contributed by atoms with Crippen molar-refractivity contribution >= 4 is 23.0 Å². The molecule has 2 aliphatic rings. The average Bonchev–Trinajstić information content (AvgIpc) is 2.99. The van der Waals surface area contributed by atoms with Gasteiger partial charge in [0.25, 0.3) is 0 Å². The molecule has 150 valence electrons. The summed E-state index contributed by atoms with van der Waals surface area (Å²) >= 11 is 6.34. The Kier molecular flexibility index (Phi) is 4.78. The molecule has 28 heavy (non-hydrogen) atoms. The monoisotopic (exact) mass is 398 g/mol. The first-order valence-electron chi connectivity index (χ1n) is 10.3. The molecule has 1 fully saturated rings. The topological polar surface area (TPSA) is 15.7 Å². The van der Waals surface area contributed by atoms with Crippen LogP contribution in [-0.4, -0.2) is 31.8 Å². The van der Waals surface area contributed by atoms with Crippen LogP contribution >= 0.6 is 11.6 Å². The van der Waals surface area contributed by atoms with Crippen molar-refractivity contribution in [2.24, 2.45) is 0 Å². The highest BCUT2D eigenvalue weighted by atomic mass is 35.5. The Morgan fingerprint density at radius 3 is 2.18 bits per heavy atom. The minimum absolute atomic E-state index is 0.105. The number of benzene rings is 2. The quantitative estimate of drug-likeness (QED) is 0.653. The van der Waals surface area contributed by atoms with Gasteiger partial charge in [-0.3, -0.25) is 0 Å². The Morgan fingerprint density at radius 1 is 0.893 bits per heavy atom. The van der Waals surface area contributed by atoms with Gasteiger partial charge in [0.05, 0.1) is 0 Å². The Bertz CT molecular complexity index is 927. The number of rotatable bonds is 2. The smallest absolute Gasteiger partial charge is 0.127 e. The summed E-state index contributed by atoms with van der Waals surface area (Å²) in [6.07, 6.45) is 0.990. The standard InChI is InChI=1S/C24H31ClN2O/c1-15-7-8-19(13-21(15)25)26-9-11-27(12-10-26)22-16(2)17(3)23-20(18(22)4)14-24(5,6)28-23/h7-8,13H,9-12,14H2,1-6H3. The molecule has 0 spiro atoms. The number of ether oxygens (including phenoxy) is 1. The van der Waals surface area contributed by atoms with E-state index < -0.39 is 0 Å². The summed E-state index contributed by atoms with van der Waals surface area (Å²) in [5, 5.41) is 0.850. The fraction of sp³-hybridized carbons (Fsp3) is 0.500. The predicted octanol–water partition coefficient (Wildman–Crippen LogP) is 5.61. The van der Waals surface area contributed by atoms with Crippen LogP contribution in [0.25, 0.3) is 0 Å². The normalized spacial score (nSPS) is 18.2. The van der Waals surface area contributed by atoms with E-state index in [0.717, 1.165) is 48.9 Å². The van der Waals surface area contributed by atoms with Crippen LogP contribution in [0.4, 0.5) is 11.4 Å². The first kappa shape index (κ1) is 19.4. The maximum absolute atomic E-state index is 6.34. The minimum atomic E-state index is -0.105. The van der Waals surface area contributed by atoms with Crippen LogP contribution in [0.3, 0.4) is 0 Å². The molecular formula is C24H31ClN2O. The van der Waals surface area contributed by atoms with Crippen molar-refractivity contribution in [2.45, 2.75) is 53.6 Å². The maximum Gasteiger partial charge on any atom is 0.127 e. The van der Waals surface area contributed by atoms with E-state index in [2.05, 4.69) is 69.5 Å². The molecule has 0 aliphatic carbocycles. The molecule has 4 rings (SSSR count). The van der Waals surface area contributed by atoms with Crippen molar-refractivity contribution in [2.75, 3.05) is 36.0 Å². The average molecular weight is 399 g/mol. The third-order valence-electron chi connectivity index (χ3n) is 6.44. The number of halogens is 1. The van der Waals surface area contributed by atoms with Crippen LogP contribution in [0.15, 0.2) is 18.2 Å². The van der Waals surface area contributed by atoms with E-state index in [4.69, 9.17) is 16.3 Å². The molecule has 0 N–H and O–H groups in total. The van der Waals surface area contributed by atoms with E-state index >= 15 is 0 Å². The summed E-state index contributed by atoms with van der Waals surface area (Å²) in [5.41, 5.74) is 9.13. The van der Waals surface area contributed by atoms with Gasteiger partial charge in [0.1, 0.15) is 11.4 Å². The molecule has 0 unspecified atom stereocenters. The highest BCUT2D eigenvalue weighted by molar-refractivity contribution is 6.31. The Labute approximate surface area is 174 Å². The summed E-state index contributed by atoms with van der Waals surface area (Å²) in [6, 6.07) is 6.40. The summed E-state index contributed by atoms with van der Waals surface area (Å²) in [6.45, 7) is 17.2. The van der Waals surface area contributed by atoms with E-state index in [1.54, 1.807) is 0 Å². The molecule has 0 saturated carbocycles. The molecule has 2 aromatic carbocycles. The van der Waals surface area contributed by atoms with Crippen LogP contribution < -0.4 is 14.5 Å². The first-order chi connectivity index (χ1) is 13.2. The van der Waals surface area contributed by atoms with Crippen LogP contribution in [0.2, 0.25) is 5.02 Å². The molecule has 0 radical (unpaired) electrons. The summed E-state index contributed by atoms with van der Waals surface area (Å²) in [4.78, 5) is 5.01. The Balaban J connectivity index is 1.59. The van der Waals surface area contributed by atoms with E-state index in [1.165, 1.54) is 33.6 Å². The second-order valence-corrected chi connectivity index (χ2v) is 9.38. The van der Waals surface area contributed by atoms with Crippen molar-refractivity contribution in [1.29, 1.82) is 0 Å². The maximum atomic E-state index is 6.34. The van der Waals surface area contributed by atoms with E-state index in [1.807, 2.05) is 0 Å². The highest BCUT2D eigenvalue weighted by Gasteiger charge is 2.35. The fourth-order valence-electron chi connectivity index (χ4n) is 4.70. The lowest BCUT2D eigenvalue weighted by Gasteiger charge is -2.39. The molecule has 0 amide bonds. The summed E-state index contributed by atoms with van der Waals surface area (Å²) < 4.78 is 6.29. The minimum Gasteiger partial charge on any atom is -0.487 e. The van der Waals surface area contributed by atoms with Gasteiger partial charge in [0, 0.05) is 54.6 Å². The van der Waals surface area contributed by atoms with E-state index in [-0.39, 0.29) is 5.60 Å². The lowest BCUT2D eigenvalue weighted by molar-refractivity contribution is 0.137. The third kappa shape index (κ3) is 3.24. The van der Waals surface area contributed by atoms with Gasteiger partial charge in [0.2, 0.25) is 0 Å². The molecule has 3 nitrogen and oxygen atoms in total. The van der Waals surface area contributed by atoms with Gasteiger partial charge in [-0.15, -0.1) is 0 Å². The van der Waals surface area contributed by atoms with Gasteiger partial charge in [-0.1, -0.05) is 17.7 Å². The number of piperazine rings is 1. The van der Waals surface area contributed by atoms with E-state index in [9.17, 15) is 0 Å². The summed E-state index contributed by atoms with van der Waals surface area (Å²) in [5.74, 6) is 1.12. The van der Waals surface area contributed by atoms with Crippen molar-refractivity contribution in [1.82, 2.24) is 0 Å². The number of nitrogens with zero attached hydrogens (tertiary/aromatic N) is 2. The van der Waals surface area contributed by atoms with Gasteiger partial charge >= 0.3 is 0 Å². The first-order valence-corrected chi connectivity index (χ1v) is 10.6. The zero-order chi connectivity index (χ0) is 20.2. The number of hydrogen-bond acceptors (Lipinski definition) is 3. The highest BCUT2D eigenvalue weighted by Crippen LogP contribution is 2.45.